The van der Waals surface area contributed by atoms with Crippen molar-refractivity contribution in [1.29, 1.82) is 0 Å². The topological polar surface area (TPSA) is 77.9 Å². The zero-order valence-electron chi connectivity index (χ0n) is 14.3. The second-order valence-electron chi connectivity index (χ2n) is 6.76. The molecule has 0 aliphatic carbocycles. The van der Waals surface area contributed by atoms with E-state index >= 15 is 0 Å². The monoisotopic (exact) mass is 344 g/mol. The minimum absolute atomic E-state index is 0.00247. The van der Waals surface area contributed by atoms with Crippen LogP contribution in [0.2, 0.25) is 0 Å². The van der Waals surface area contributed by atoms with Crippen molar-refractivity contribution in [2.45, 2.75) is 44.6 Å². The molecule has 1 unspecified atom stereocenters. The molecule has 0 aromatic heterocycles. The van der Waals surface area contributed by atoms with Gasteiger partial charge in [0.25, 0.3) is 0 Å². The number of hydrogen-bond acceptors (Lipinski definition) is 3. The van der Waals surface area contributed by atoms with Gasteiger partial charge >= 0.3 is 5.97 Å². The molecule has 6 heteroatoms. The fraction of sp³-hybridized carbons (Fsp3) is 0.526. The molecule has 1 atom stereocenters. The van der Waals surface area contributed by atoms with Gasteiger partial charge in [0.2, 0.25) is 11.8 Å². The van der Waals surface area contributed by atoms with Crippen LogP contribution in [0.1, 0.15) is 49.3 Å². The number of carboxylic acid groups (broad SMARTS) is 1. The molecule has 25 heavy (non-hydrogen) atoms. The second kappa shape index (κ2) is 7.68. The van der Waals surface area contributed by atoms with E-state index in [1.54, 1.807) is 17.0 Å². The lowest BCUT2D eigenvalue weighted by Gasteiger charge is -2.36. The number of hydrogen-bond donors (Lipinski definition) is 1. The van der Waals surface area contributed by atoms with Gasteiger partial charge in [-0.15, -0.1) is 0 Å². The summed E-state index contributed by atoms with van der Waals surface area (Å²) in [5, 5.41) is 9.67. The zero-order valence-corrected chi connectivity index (χ0v) is 14.3. The Bertz CT molecular complexity index is 673. The molecule has 2 heterocycles. The SMILES string of the molecule is O=C(O)C1c2ccccc2CCN1C(=O)CN1CCCCCCC1=O. The second-order valence-corrected chi connectivity index (χ2v) is 6.76. The van der Waals surface area contributed by atoms with Crippen LogP contribution in [0.4, 0.5) is 0 Å². The molecule has 1 aromatic rings. The number of carboxylic acids is 1. The lowest BCUT2D eigenvalue weighted by atomic mass is 9.92. The summed E-state index contributed by atoms with van der Waals surface area (Å²) >= 11 is 0. The molecule has 0 saturated carbocycles. The average Bonchev–Trinajstić information content (AvgIpc) is 2.60. The number of nitrogens with zero attached hydrogens (tertiary/aromatic N) is 2. The quantitative estimate of drug-likeness (QED) is 0.910. The molecular weight excluding hydrogens is 320 g/mol. The maximum Gasteiger partial charge on any atom is 0.331 e. The number of amides is 2. The maximum absolute atomic E-state index is 12.8. The van der Waals surface area contributed by atoms with E-state index in [1.807, 2.05) is 12.1 Å². The van der Waals surface area contributed by atoms with Crippen LogP contribution < -0.4 is 0 Å². The minimum Gasteiger partial charge on any atom is -0.479 e. The molecule has 1 saturated heterocycles. The minimum atomic E-state index is -1.03. The van der Waals surface area contributed by atoms with Gasteiger partial charge in [0.1, 0.15) is 0 Å². The third kappa shape index (κ3) is 3.83. The van der Waals surface area contributed by atoms with E-state index in [4.69, 9.17) is 0 Å². The fourth-order valence-electron chi connectivity index (χ4n) is 3.74. The number of likely N-dealkylation sites (tertiary alicyclic amines) is 1. The average molecular weight is 344 g/mol. The highest BCUT2D eigenvalue weighted by Gasteiger charge is 2.36. The number of fused-ring (bicyclic) bond motifs is 1. The largest absolute Gasteiger partial charge is 0.479 e. The Hall–Kier alpha value is -2.37. The van der Waals surface area contributed by atoms with Crippen molar-refractivity contribution in [2.24, 2.45) is 0 Å². The van der Waals surface area contributed by atoms with Gasteiger partial charge in [-0.1, -0.05) is 37.1 Å². The molecule has 134 valence electrons. The molecule has 3 rings (SSSR count). The van der Waals surface area contributed by atoms with Crippen molar-refractivity contribution >= 4 is 17.8 Å². The summed E-state index contributed by atoms with van der Waals surface area (Å²) in [7, 11) is 0. The summed E-state index contributed by atoms with van der Waals surface area (Å²) in [4.78, 5) is 39.9. The molecule has 1 aromatic carbocycles. The number of carbonyl (C=O) groups is 3. The van der Waals surface area contributed by atoms with Gasteiger partial charge in [0.15, 0.2) is 6.04 Å². The fourth-order valence-corrected chi connectivity index (χ4v) is 3.74. The summed E-state index contributed by atoms with van der Waals surface area (Å²) in [5.74, 6) is -1.31. The van der Waals surface area contributed by atoms with Crippen LogP contribution >= 0.6 is 0 Å². The number of carbonyl (C=O) groups excluding carboxylic acids is 2. The van der Waals surface area contributed by atoms with Gasteiger partial charge in [-0.3, -0.25) is 9.59 Å². The van der Waals surface area contributed by atoms with Crippen LogP contribution in [-0.4, -0.2) is 52.3 Å². The Morgan fingerprint density at radius 2 is 1.80 bits per heavy atom. The van der Waals surface area contributed by atoms with Crippen molar-refractivity contribution in [2.75, 3.05) is 19.6 Å². The lowest BCUT2D eigenvalue weighted by molar-refractivity contribution is -0.152. The Morgan fingerprint density at radius 3 is 2.60 bits per heavy atom. The Labute approximate surface area is 147 Å². The zero-order chi connectivity index (χ0) is 17.8. The molecular formula is C19H24N2O4. The summed E-state index contributed by atoms with van der Waals surface area (Å²) in [6, 6.07) is 6.39. The molecule has 0 bridgehead atoms. The highest BCUT2D eigenvalue weighted by molar-refractivity contribution is 5.89. The van der Waals surface area contributed by atoms with Crippen LogP contribution in [0.15, 0.2) is 24.3 Å². The van der Waals surface area contributed by atoms with Gasteiger partial charge < -0.3 is 14.9 Å². The predicted molar refractivity (Wildman–Crippen MR) is 91.9 cm³/mol. The third-order valence-electron chi connectivity index (χ3n) is 5.09. The highest BCUT2D eigenvalue weighted by atomic mass is 16.4. The Kier molecular flexibility index (Phi) is 5.36. The van der Waals surface area contributed by atoms with Crippen molar-refractivity contribution in [3.8, 4) is 0 Å². The van der Waals surface area contributed by atoms with Gasteiger partial charge in [-0.25, -0.2) is 4.79 Å². The molecule has 1 fully saturated rings. The van der Waals surface area contributed by atoms with E-state index in [0.29, 0.717) is 31.5 Å². The first-order valence-electron chi connectivity index (χ1n) is 8.96. The number of benzene rings is 1. The van der Waals surface area contributed by atoms with Crippen LogP contribution in [0, 0.1) is 0 Å². The molecule has 0 radical (unpaired) electrons. The lowest BCUT2D eigenvalue weighted by Crippen LogP contribution is -2.49. The standard InChI is InChI=1S/C19H24N2O4/c22-16-9-3-1-2-6-11-20(16)13-17(23)21-12-10-14-7-4-5-8-15(14)18(21)19(24)25/h4-5,7-8,18H,1-3,6,9-13H2,(H,24,25). The maximum atomic E-state index is 12.8. The smallest absolute Gasteiger partial charge is 0.331 e. The Balaban J connectivity index is 1.76. The number of rotatable bonds is 3. The van der Waals surface area contributed by atoms with E-state index < -0.39 is 12.0 Å². The molecule has 6 nitrogen and oxygen atoms in total. The van der Waals surface area contributed by atoms with Crippen molar-refractivity contribution in [1.82, 2.24) is 9.80 Å². The van der Waals surface area contributed by atoms with E-state index in [0.717, 1.165) is 31.2 Å². The summed E-state index contributed by atoms with van der Waals surface area (Å²) in [6.07, 6.45) is 4.98. The Morgan fingerprint density at radius 1 is 1.04 bits per heavy atom. The van der Waals surface area contributed by atoms with E-state index in [1.165, 1.54) is 4.90 Å². The molecule has 2 amide bonds. The first kappa shape index (κ1) is 17.5. The van der Waals surface area contributed by atoms with Gasteiger partial charge in [0.05, 0.1) is 6.54 Å². The first-order chi connectivity index (χ1) is 12.1. The summed E-state index contributed by atoms with van der Waals surface area (Å²) in [5.41, 5.74) is 1.65. The third-order valence-corrected chi connectivity index (χ3v) is 5.09. The van der Waals surface area contributed by atoms with Crippen LogP contribution in [0.3, 0.4) is 0 Å². The molecule has 1 N–H and O–H groups in total. The normalized spacial score (nSPS) is 21.3. The highest BCUT2D eigenvalue weighted by Crippen LogP contribution is 2.30. The van der Waals surface area contributed by atoms with Gasteiger partial charge in [-0.2, -0.15) is 0 Å². The molecule has 2 aliphatic heterocycles. The molecule has 2 aliphatic rings. The van der Waals surface area contributed by atoms with Crippen LogP contribution in [-0.2, 0) is 20.8 Å². The van der Waals surface area contributed by atoms with Gasteiger partial charge in [0, 0.05) is 19.5 Å². The van der Waals surface area contributed by atoms with Crippen molar-refractivity contribution in [3.05, 3.63) is 35.4 Å². The first-order valence-corrected chi connectivity index (χ1v) is 8.96. The number of aliphatic carboxylic acids is 1. The van der Waals surface area contributed by atoms with E-state index in [-0.39, 0.29) is 18.4 Å². The van der Waals surface area contributed by atoms with Gasteiger partial charge in [-0.05, 0) is 30.4 Å². The predicted octanol–water partition coefficient (Wildman–Crippen LogP) is 1.99. The van der Waals surface area contributed by atoms with Crippen LogP contribution in [0.25, 0.3) is 0 Å². The van der Waals surface area contributed by atoms with E-state index in [2.05, 4.69) is 0 Å². The summed E-state index contributed by atoms with van der Waals surface area (Å²) in [6.45, 7) is 0.923. The van der Waals surface area contributed by atoms with Crippen molar-refractivity contribution in [3.63, 3.8) is 0 Å². The van der Waals surface area contributed by atoms with Crippen LogP contribution in [0.5, 0.6) is 0 Å². The summed E-state index contributed by atoms with van der Waals surface area (Å²) < 4.78 is 0. The van der Waals surface area contributed by atoms with Crippen molar-refractivity contribution < 1.29 is 19.5 Å². The molecule has 0 spiro atoms. The van der Waals surface area contributed by atoms with E-state index in [9.17, 15) is 19.5 Å².